The van der Waals surface area contributed by atoms with Gasteiger partial charge in [-0.05, 0) is 42.0 Å². The molecule has 0 N–H and O–H groups in total. The Morgan fingerprint density at radius 2 is 1.18 bits per heavy atom. The summed E-state index contributed by atoms with van der Waals surface area (Å²) in [5.41, 5.74) is 0.391. The molecule has 1 fully saturated rings. The molecule has 5 rings (SSSR count). The van der Waals surface area contributed by atoms with Gasteiger partial charge in [0.2, 0.25) is 0 Å². The van der Waals surface area contributed by atoms with E-state index in [1.165, 1.54) is 0 Å². The largest absolute Gasteiger partial charge is 0.402 e. The Kier molecular flexibility index (Phi) is 3.52. The van der Waals surface area contributed by atoms with Gasteiger partial charge in [0, 0.05) is 48.3 Å². The SMILES string of the molecule is Cn1cc(C(c2cn(C)c3ccccc23)(C2CC2)C(F)(F)F)c2ccccc21. The Morgan fingerprint density at radius 3 is 1.57 bits per heavy atom. The number of benzene rings is 2. The average Bonchev–Trinajstić information content (AvgIpc) is 3.38. The van der Waals surface area contributed by atoms with Crippen LogP contribution in [-0.2, 0) is 19.5 Å². The van der Waals surface area contributed by atoms with Gasteiger partial charge in [-0.2, -0.15) is 13.2 Å². The maximum absolute atomic E-state index is 15.1. The van der Waals surface area contributed by atoms with E-state index < -0.39 is 17.5 Å². The quantitative estimate of drug-likeness (QED) is 0.416. The van der Waals surface area contributed by atoms with E-state index >= 15 is 13.2 Å². The fourth-order valence-corrected chi connectivity index (χ4v) is 4.95. The molecule has 2 heterocycles. The summed E-state index contributed by atoms with van der Waals surface area (Å²) in [5.74, 6) is -0.441. The molecule has 1 aliphatic rings. The average molecular weight is 382 g/mol. The molecular weight excluding hydrogens is 361 g/mol. The summed E-state index contributed by atoms with van der Waals surface area (Å²) in [4.78, 5) is 0. The summed E-state index contributed by atoms with van der Waals surface area (Å²) in [7, 11) is 3.64. The van der Waals surface area contributed by atoms with Gasteiger partial charge >= 0.3 is 6.18 Å². The fraction of sp³-hybridized carbons (Fsp3) is 0.304. The van der Waals surface area contributed by atoms with Gasteiger partial charge in [-0.1, -0.05) is 36.4 Å². The normalized spacial score (nSPS) is 15.6. The highest BCUT2D eigenvalue weighted by Crippen LogP contribution is 2.61. The van der Waals surface area contributed by atoms with E-state index in [0.29, 0.717) is 34.7 Å². The summed E-state index contributed by atoms with van der Waals surface area (Å²) < 4.78 is 48.9. The molecular formula is C23H21F3N2. The molecule has 0 bridgehead atoms. The number of aryl methyl sites for hydroxylation is 2. The highest BCUT2D eigenvalue weighted by Gasteiger charge is 2.65. The van der Waals surface area contributed by atoms with Gasteiger partial charge in [-0.15, -0.1) is 0 Å². The number of rotatable bonds is 3. The third kappa shape index (κ3) is 2.16. The van der Waals surface area contributed by atoms with E-state index in [9.17, 15) is 0 Å². The van der Waals surface area contributed by atoms with Gasteiger partial charge in [0.25, 0.3) is 0 Å². The molecule has 28 heavy (non-hydrogen) atoms. The molecule has 2 nitrogen and oxygen atoms in total. The van der Waals surface area contributed by atoms with Crippen molar-refractivity contribution in [3.8, 4) is 0 Å². The smallest absolute Gasteiger partial charge is 0.350 e. The lowest BCUT2D eigenvalue weighted by Gasteiger charge is -2.36. The number of halogens is 3. The summed E-state index contributed by atoms with van der Waals surface area (Å²) in [6, 6.07) is 14.8. The van der Waals surface area contributed by atoms with Crippen LogP contribution in [0.15, 0.2) is 60.9 Å². The summed E-state index contributed by atoms with van der Waals surface area (Å²) in [6.45, 7) is 0. The monoisotopic (exact) mass is 382 g/mol. The highest BCUT2D eigenvalue weighted by molar-refractivity contribution is 5.90. The van der Waals surface area contributed by atoms with Crippen molar-refractivity contribution in [2.45, 2.75) is 24.4 Å². The zero-order valence-electron chi connectivity index (χ0n) is 15.8. The van der Waals surface area contributed by atoms with Gasteiger partial charge in [0.05, 0.1) is 0 Å². The first-order valence-electron chi connectivity index (χ1n) is 9.51. The molecule has 0 atom stereocenters. The lowest BCUT2D eigenvalue weighted by atomic mass is 9.69. The van der Waals surface area contributed by atoms with Crippen LogP contribution in [0.5, 0.6) is 0 Å². The first-order chi connectivity index (χ1) is 13.4. The van der Waals surface area contributed by atoms with Gasteiger partial charge < -0.3 is 9.13 Å². The molecule has 0 aliphatic heterocycles. The minimum atomic E-state index is -4.40. The molecule has 5 heteroatoms. The maximum Gasteiger partial charge on any atom is 0.402 e. The van der Waals surface area contributed by atoms with Crippen molar-refractivity contribution >= 4 is 21.8 Å². The Morgan fingerprint density at radius 1 is 0.750 bits per heavy atom. The summed E-state index contributed by atoms with van der Waals surface area (Å²) >= 11 is 0. The van der Waals surface area contributed by atoms with E-state index in [-0.39, 0.29) is 0 Å². The van der Waals surface area contributed by atoms with Crippen LogP contribution in [-0.4, -0.2) is 15.3 Å². The van der Waals surface area contributed by atoms with Crippen molar-refractivity contribution in [2.75, 3.05) is 0 Å². The predicted octanol–water partition coefficient (Wildman–Crippen LogP) is 5.93. The van der Waals surface area contributed by atoms with Crippen LogP contribution in [0.4, 0.5) is 13.2 Å². The van der Waals surface area contributed by atoms with Crippen LogP contribution in [0.2, 0.25) is 0 Å². The van der Waals surface area contributed by atoms with Crippen LogP contribution in [0.25, 0.3) is 21.8 Å². The van der Waals surface area contributed by atoms with E-state index in [1.54, 1.807) is 12.4 Å². The molecule has 4 aromatic rings. The lowest BCUT2D eigenvalue weighted by molar-refractivity contribution is -0.183. The topological polar surface area (TPSA) is 9.86 Å². The third-order valence-electron chi connectivity index (χ3n) is 6.28. The van der Waals surface area contributed by atoms with Crippen molar-refractivity contribution in [1.82, 2.24) is 9.13 Å². The molecule has 0 radical (unpaired) electrons. The molecule has 1 saturated carbocycles. The van der Waals surface area contributed by atoms with Crippen LogP contribution < -0.4 is 0 Å². The van der Waals surface area contributed by atoms with Gasteiger partial charge in [-0.3, -0.25) is 0 Å². The van der Waals surface area contributed by atoms with E-state index in [1.807, 2.05) is 71.8 Å². The van der Waals surface area contributed by atoms with E-state index in [4.69, 9.17) is 0 Å². The first kappa shape index (κ1) is 17.4. The number of hydrogen-bond donors (Lipinski definition) is 0. The minimum Gasteiger partial charge on any atom is -0.350 e. The van der Waals surface area contributed by atoms with Crippen molar-refractivity contribution in [1.29, 1.82) is 0 Å². The standard InChI is InChI=1S/C23H21F3N2/c1-27-13-18(16-7-3-5-9-20(16)27)22(15-11-12-15,23(24,25)26)19-14-28(2)21-10-6-4-8-17(19)21/h3-10,13-15H,11-12H2,1-2H3. The molecule has 0 saturated heterocycles. The van der Waals surface area contributed by atoms with Crippen LogP contribution in [0, 0.1) is 5.92 Å². The Bertz CT molecular complexity index is 1110. The molecule has 2 aromatic carbocycles. The highest BCUT2D eigenvalue weighted by atomic mass is 19.4. The number of para-hydroxylation sites is 2. The fourth-order valence-electron chi connectivity index (χ4n) is 4.95. The van der Waals surface area contributed by atoms with E-state index in [2.05, 4.69) is 0 Å². The number of hydrogen-bond acceptors (Lipinski definition) is 0. The first-order valence-corrected chi connectivity index (χ1v) is 9.51. The third-order valence-corrected chi connectivity index (χ3v) is 6.28. The second-order valence-electron chi connectivity index (χ2n) is 7.92. The molecule has 1 aliphatic carbocycles. The van der Waals surface area contributed by atoms with Gasteiger partial charge in [0.15, 0.2) is 0 Å². The molecule has 0 amide bonds. The molecule has 2 aromatic heterocycles. The number of fused-ring (bicyclic) bond motifs is 2. The maximum atomic E-state index is 15.1. The van der Waals surface area contributed by atoms with Crippen molar-refractivity contribution in [3.05, 3.63) is 72.1 Å². The second kappa shape index (κ2) is 5.66. The molecule has 0 unspecified atom stereocenters. The van der Waals surface area contributed by atoms with Crippen LogP contribution in [0.3, 0.4) is 0 Å². The minimum absolute atomic E-state index is 0.372. The van der Waals surface area contributed by atoms with Gasteiger partial charge in [-0.25, -0.2) is 0 Å². The Balaban J connectivity index is 1.95. The predicted molar refractivity (Wildman–Crippen MR) is 105 cm³/mol. The molecule has 0 spiro atoms. The van der Waals surface area contributed by atoms with Crippen molar-refractivity contribution < 1.29 is 13.2 Å². The molecule has 144 valence electrons. The van der Waals surface area contributed by atoms with Crippen LogP contribution >= 0.6 is 0 Å². The van der Waals surface area contributed by atoms with Crippen LogP contribution in [0.1, 0.15) is 24.0 Å². The Labute approximate surface area is 161 Å². The number of aromatic nitrogens is 2. The summed E-state index contributed by atoms with van der Waals surface area (Å²) in [5, 5.41) is 1.37. The number of alkyl halides is 3. The number of nitrogens with zero attached hydrogens (tertiary/aromatic N) is 2. The zero-order chi connectivity index (χ0) is 19.7. The Hall–Kier alpha value is -2.69. The zero-order valence-corrected chi connectivity index (χ0v) is 15.8. The van der Waals surface area contributed by atoms with E-state index in [0.717, 1.165) is 11.0 Å². The van der Waals surface area contributed by atoms with Crippen molar-refractivity contribution in [3.63, 3.8) is 0 Å². The second-order valence-corrected chi connectivity index (χ2v) is 7.92. The summed E-state index contributed by atoms with van der Waals surface area (Å²) in [6.07, 6.45) is 0.164. The lowest BCUT2D eigenvalue weighted by Crippen LogP contribution is -2.45. The van der Waals surface area contributed by atoms with Crippen molar-refractivity contribution in [2.24, 2.45) is 20.0 Å². The van der Waals surface area contributed by atoms with Gasteiger partial charge in [0.1, 0.15) is 5.41 Å².